The Hall–Kier alpha value is -0.420. The van der Waals surface area contributed by atoms with Crippen LogP contribution in [0.4, 0.5) is 0 Å². The fourth-order valence-corrected chi connectivity index (χ4v) is 4.84. The van der Waals surface area contributed by atoms with E-state index in [1.165, 1.54) is 18.7 Å². The van der Waals surface area contributed by atoms with Gasteiger partial charge < -0.3 is 35.4 Å². The Bertz CT molecular complexity index is 494. The summed E-state index contributed by atoms with van der Waals surface area (Å²) in [6.45, 7) is 5.10. The summed E-state index contributed by atoms with van der Waals surface area (Å²) in [5.41, 5.74) is -0.753. The summed E-state index contributed by atoms with van der Waals surface area (Å²) in [6, 6.07) is -0.891. The molecule has 0 saturated carbocycles. The lowest BCUT2D eigenvalue weighted by Gasteiger charge is -2.44. The maximum absolute atomic E-state index is 12.9. The van der Waals surface area contributed by atoms with Gasteiger partial charge in [0.2, 0.25) is 5.91 Å². The van der Waals surface area contributed by atoms with Crippen molar-refractivity contribution in [3.8, 4) is 0 Å². The molecule has 2 rings (SSSR count). The molecular formula is C18H34N2O6S. The molecule has 1 amide bonds. The third-order valence-corrected chi connectivity index (χ3v) is 6.50. The van der Waals surface area contributed by atoms with Gasteiger partial charge in [-0.3, -0.25) is 4.79 Å². The van der Waals surface area contributed by atoms with Gasteiger partial charge in [-0.15, -0.1) is 11.8 Å². The van der Waals surface area contributed by atoms with Gasteiger partial charge in [-0.25, -0.2) is 0 Å². The second-order valence-electron chi connectivity index (χ2n) is 7.83. The van der Waals surface area contributed by atoms with Crippen LogP contribution in [0, 0.1) is 11.8 Å². The molecule has 0 aromatic heterocycles. The second-order valence-corrected chi connectivity index (χ2v) is 8.76. The van der Waals surface area contributed by atoms with E-state index in [1.807, 2.05) is 7.05 Å². The van der Waals surface area contributed by atoms with Crippen molar-refractivity contribution in [2.75, 3.05) is 26.4 Å². The van der Waals surface area contributed by atoms with Gasteiger partial charge in [0, 0.05) is 13.1 Å². The number of thioether (sulfide) groups is 1. The molecule has 0 aliphatic carbocycles. The van der Waals surface area contributed by atoms with Crippen molar-refractivity contribution in [3.05, 3.63) is 0 Å². The predicted octanol–water partition coefficient (Wildman–Crippen LogP) is -0.999. The van der Waals surface area contributed by atoms with E-state index in [0.29, 0.717) is 6.54 Å². The summed E-state index contributed by atoms with van der Waals surface area (Å²) >= 11 is 1.20. The number of amides is 1. The largest absolute Gasteiger partial charge is 0.391 e. The number of aliphatic hydroxyl groups is 4. The van der Waals surface area contributed by atoms with E-state index >= 15 is 0 Å². The molecule has 2 heterocycles. The number of hydrogen-bond donors (Lipinski definition) is 5. The standard InChI is InChI=1S/C18H34N2O6S/c1-5-6-10-7-20(3)8-11(10)17(25)19-12(9(2)21)16-14(23)13(22)15(24)18(26-16)27-4/h9-16,18,21-24H,5-8H2,1-4H3,(H,19,25)/t9-,10+,11?,12-,13+,14-,15-,16-,18-/m1/s1. The van der Waals surface area contributed by atoms with Crippen LogP contribution in [0.1, 0.15) is 26.7 Å². The van der Waals surface area contributed by atoms with Gasteiger partial charge in [0.1, 0.15) is 29.9 Å². The highest BCUT2D eigenvalue weighted by atomic mass is 32.2. The van der Waals surface area contributed by atoms with Crippen LogP contribution < -0.4 is 5.32 Å². The van der Waals surface area contributed by atoms with E-state index < -0.39 is 42.0 Å². The highest BCUT2D eigenvalue weighted by Crippen LogP contribution is 2.31. The molecule has 27 heavy (non-hydrogen) atoms. The van der Waals surface area contributed by atoms with E-state index in [0.717, 1.165) is 19.4 Å². The number of aliphatic hydroxyl groups excluding tert-OH is 4. The minimum Gasteiger partial charge on any atom is -0.391 e. The number of ether oxygens (including phenoxy) is 1. The van der Waals surface area contributed by atoms with Gasteiger partial charge in [0.15, 0.2) is 0 Å². The first kappa shape index (κ1) is 22.9. The third kappa shape index (κ3) is 5.14. The smallest absolute Gasteiger partial charge is 0.225 e. The van der Waals surface area contributed by atoms with Crippen LogP contribution in [0.25, 0.3) is 0 Å². The fraction of sp³-hybridized carbons (Fsp3) is 0.944. The lowest BCUT2D eigenvalue weighted by molar-refractivity contribution is -0.211. The average molecular weight is 407 g/mol. The SMILES string of the molecule is CCC[C@H]1CN(C)CC1C(=O)N[C@@H]([C@H]1O[C@H](SC)[C@H](O)[C@@H](O)[C@H]1O)[C@@H](C)O. The average Bonchev–Trinajstić information content (AvgIpc) is 2.99. The molecule has 2 aliphatic heterocycles. The van der Waals surface area contributed by atoms with E-state index in [2.05, 4.69) is 17.1 Å². The second kappa shape index (κ2) is 9.87. The zero-order valence-electron chi connectivity index (χ0n) is 16.5. The van der Waals surface area contributed by atoms with Crippen LogP contribution >= 0.6 is 11.8 Å². The first-order valence-corrected chi connectivity index (χ1v) is 10.9. The number of hydrogen-bond acceptors (Lipinski definition) is 8. The topological polar surface area (TPSA) is 122 Å². The maximum Gasteiger partial charge on any atom is 0.225 e. The summed E-state index contributed by atoms with van der Waals surface area (Å²) in [6.07, 6.45) is -2.43. The van der Waals surface area contributed by atoms with Crippen molar-refractivity contribution in [2.24, 2.45) is 11.8 Å². The number of nitrogens with one attached hydrogen (secondary N) is 1. The minimum atomic E-state index is -1.42. The van der Waals surface area contributed by atoms with Crippen LogP contribution in [0.2, 0.25) is 0 Å². The molecule has 9 heteroatoms. The van der Waals surface area contributed by atoms with Crippen molar-refractivity contribution in [2.45, 2.75) is 68.7 Å². The Morgan fingerprint density at radius 3 is 2.48 bits per heavy atom. The third-order valence-electron chi connectivity index (χ3n) is 5.64. The zero-order valence-corrected chi connectivity index (χ0v) is 17.3. The van der Waals surface area contributed by atoms with Crippen LogP contribution in [0.3, 0.4) is 0 Å². The first-order chi connectivity index (χ1) is 12.7. The van der Waals surface area contributed by atoms with Gasteiger partial charge in [-0.05, 0) is 32.6 Å². The Labute approximate surface area is 165 Å². The molecule has 0 radical (unpaired) electrons. The Morgan fingerprint density at radius 2 is 1.93 bits per heavy atom. The summed E-state index contributed by atoms with van der Waals surface area (Å²) in [5.74, 6) is -0.122. The highest BCUT2D eigenvalue weighted by Gasteiger charge is 2.48. The minimum absolute atomic E-state index is 0.180. The predicted molar refractivity (Wildman–Crippen MR) is 103 cm³/mol. The molecule has 158 valence electrons. The summed E-state index contributed by atoms with van der Waals surface area (Å²) in [5, 5.41) is 43.6. The Balaban J connectivity index is 2.13. The van der Waals surface area contributed by atoms with Gasteiger partial charge in [0.05, 0.1) is 18.1 Å². The molecule has 1 unspecified atom stereocenters. The zero-order chi connectivity index (χ0) is 20.3. The van der Waals surface area contributed by atoms with E-state index in [4.69, 9.17) is 4.74 Å². The lowest BCUT2D eigenvalue weighted by atomic mass is 9.89. The van der Waals surface area contributed by atoms with Gasteiger partial charge in [-0.2, -0.15) is 0 Å². The monoisotopic (exact) mass is 406 g/mol. The van der Waals surface area contributed by atoms with Crippen molar-refractivity contribution < 1.29 is 30.0 Å². The molecular weight excluding hydrogens is 372 g/mol. The Morgan fingerprint density at radius 1 is 1.26 bits per heavy atom. The molecule has 0 spiro atoms. The normalized spacial score (nSPS) is 39.9. The molecule has 0 aromatic carbocycles. The number of carbonyl (C=O) groups excluding carboxylic acids is 1. The van der Waals surface area contributed by atoms with Crippen LogP contribution in [0.5, 0.6) is 0 Å². The molecule has 5 N–H and O–H groups in total. The summed E-state index contributed by atoms with van der Waals surface area (Å²) in [4.78, 5) is 15.1. The van der Waals surface area contributed by atoms with Gasteiger partial charge in [0.25, 0.3) is 0 Å². The van der Waals surface area contributed by atoms with Crippen molar-refractivity contribution in [1.82, 2.24) is 10.2 Å². The first-order valence-electron chi connectivity index (χ1n) is 9.60. The lowest BCUT2D eigenvalue weighted by Crippen LogP contribution is -2.65. The number of carbonyl (C=O) groups is 1. The van der Waals surface area contributed by atoms with Gasteiger partial charge >= 0.3 is 0 Å². The summed E-state index contributed by atoms with van der Waals surface area (Å²) in [7, 11) is 1.98. The van der Waals surface area contributed by atoms with Gasteiger partial charge in [-0.1, -0.05) is 13.3 Å². The molecule has 2 fully saturated rings. The number of likely N-dealkylation sites (tertiary alicyclic amines) is 1. The van der Waals surface area contributed by atoms with Crippen molar-refractivity contribution in [1.29, 1.82) is 0 Å². The van der Waals surface area contributed by atoms with E-state index in [1.54, 1.807) is 6.26 Å². The molecule has 2 aliphatic rings. The van der Waals surface area contributed by atoms with Crippen molar-refractivity contribution >= 4 is 17.7 Å². The highest BCUT2D eigenvalue weighted by molar-refractivity contribution is 7.99. The molecule has 9 atom stereocenters. The Kier molecular flexibility index (Phi) is 8.35. The van der Waals surface area contributed by atoms with Crippen LogP contribution in [0.15, 0.2) is 0 Å². The maximum atomic E-state index is 12.9. The fourth-order valence-electron chi connectivity index (χ4n) is 4.16. The van der Waals surface area contributed by atoms with Crippen molar-refractivity contribution in [3.63, 3.8) is 0 Å². The molecule has 0 bridgehead atoms. The summed E-state index contributed by atoms with van der Waals surface area (Å²) < 4.78 is 5.73. The number of rotatable bonds is 7. The quantitative estimate of drug-likeness (QED) is 0.365. The number of nitrogens with zero attached hydrogens (tertiary/aromatic N) is 1. The molecule has 8 nitrogen and oxygen atoms in total. The van der Waals surface area contributed by atoms with E-state index in [9.17, 15) is 25.2 Å². The molecule has 0 aromatic rings. The van der Waals surface area contributed by atoms with E-state index in [-0.39, 0.29) is 17.7 Å². The molecule has 2 saturated heterocycles. The van der Waals surface area contributed by atoms with Crippen LogP contribution in [-0.2, 0) is 9.53 Å². The van der Waals surface area contributed by atoms with Crippen LogP contribution in [-0.4, -0.2) is 99.6 Å².